The second-order valence-corrected chi connectivity index (χ2v) is 6.85. The normalized spacial score (nSPS) is 10.2. The molecule has 2 nitrogen and oxygen atoms in total. The number of anilines is 2. The van der Waals surface area contributed by atoms with Gasteiger partial charge >= 0.3 is 0 Å². The van der Waals surface area contributed by atoms with Crippen LogP contribution in [0.1, 0.15) is 0 Å². The van der Waals surface area contributed by atoms with Crippen LogP contribution in [-0.2, 0) is 0 Å². The van der Waals surface area contributed by atoms with Crippen LogP contribution in [0.4, 0.5) is 10.8 Å². The van der Waals surface area contributed by atoms with Crippen molar-refractivity contribution >= 4 is 33.8 Å². The SMILES string of the molecule is Clc1ccccc1Nc1nc(-c2ccc(-c3ccccc3)cc2)cs1.[Br-]. The Kier molecular flexibility index (Phi) is 6.09. The number of thiazole rings is 1. The molecule has 0 radical (unpaired) electrons. The third kappa shape index (κ3) is 4.15. The number of aromatic nitrogens is 1. The molecular formula is C21H15BrClN2S-. The molecule has 0 spiro atoms. The van der Waals surface area contributed by atoms with E-state index in [9.17, 15) is 0 Å². The van der Waals surface area contributed by atoms with Gasteiger partial charge in [-0.05, 0) is 23.3 Å². The van der Waals surface area contributed by atoms with Crippen molar-refractivity contribution in [3.8, 4) is 22.4 Å². The topological polar surface area (TPSA) is 24.9 Å². The molecule has 0 aliphatic carbocycles. The van der Waals surface area contributed by atoms with Gasteiger partial charge in [0.25, 0.3) is 0 Å². The number of benzene rings is 3. The summed E-state index contributed by atoms with van der Waals surface area (Å²) in [5.41, 5.74) is 5.34. The Morgan fingerprint density at radius 3 is 2.08 bits per heavy atom. The highest BCUT2D eigenvalue weighted by atomic mass is 79.9. The van der Waals surface area contributed by atoms with E-state index in [-0.39, 0.29) is 17.0 Å². The summed E-state index contributed by atoms with van der Waals surface area (Å²) < 4.78 is 0. The van der Waals surface area contributed by atoms with Crippen molar-refractivity contribution in [2.24, 2.45) is 0 Å². The second kappa shape index (κ2) is 8.49. The van der Waals surface area contributed by atoms with Crippen LogP contribution in [0.3, 0.4) is 0 Å². The smallest absolute Gasteiger partial charge is 0.187 e. The Balaban J connectivity index is 0.00000196. The zero-order valence-electron chi connectivity index (χ0n) is 13.7. The van der Waals surface area contributed by atoms with Crippen molar-refractivity contribution in [3.63, 3.8) is 0 Å². The van der Waals surface area contributed by atoms with Gasteiger partial charge in [-0.15, -0.1) is 11.3 Å². The van der Waals surface area contributed by atoms with Gasteiger partial charge in [-0.2, -0.15) is 0 Å². The highest BCUT2D eigenvalue weighted by molar-refractivity contribution is 7.14. The number of rotatable bonds is 4. The second-order valence-electron chi connectivity index (χ2n) is 5.59. The number of nitrogens with one attached hydrogen (secondary N) is 1. The molecule has 4 aromatic rings. The number of halogens is 2. The molecule has 0 atom stereocenters. The summed E-state index contributed by atoms with van der Waals surface area (Å²) in [4.78, 5) is 4.67. The van der Waals surface area contributed by atoms with Crippen molar-refractivity contribution in [2.75, 3.05) is 5.32 Å². The minimum atomic E-state index is 0. The summed E-state index contributed by atoms with van der Waals surface area (Å²) in [7, 11) is 0. The van der Waals surface area contributed by atoms with Gasteiger partial charge in [-0.3, -0.25) is 0 Å². The Hall–Kier alpha value is -2.14. The minimum absolute atomic E-state index is 0. The molecule has 5 heteroatoms. The fourth-order valence-corrected chi connectivity index (χ4v) is 3.52. The summed E-state index contributed by atoms with van der Waals surface area (Å²) in [5, 5.41) is 6.84. The highest BCUT2D eigenvalue weighted by Crippen LogP contribution is 2.31. The first-order valence-corrected chi connectivity index (χ1v) is 9.18. The lowest BCUT2D eigenvalue weighted by Gasteiger charge is -2.04. The van der Waals surface area contributed by atoms with Crippen LogP contribution >= 0.6 is 22.9 Å². The quantitative estimate of drug-likeness (QED) is 0.519. The van der Waals surface area contributed by atoms with Crippen LogP contribution < -0.4 is 22.3 Å². The van der Waals surface area contributed by atoms with Gasteiger partial charge in [0.05, 0.1) is 16.4 Å². The van der Waals surface area contributed by atoms with E-state index >= 15 is 0 Å². The molecule has 0 unspecified atom stereocenters. The zero-order valence-corrected chi connectivity index (χ0v) is 16.9. The fourth-order valence-electron chi connectivity index (χ4n) is 2.61. The maximum absolute atomic E-state index is 6.19. The number of nitrogens with zero attached hydrogens (tertiary/aromatic N) is 1. The predicted molar refractivity (Wildman–Crippen MR) is 108 cm³/mol. The maximum Gasteiger partial charge on any atom is 0.187 e. The van der Waals surface area contributed by atoms with Crippen LogP contribution in [0, 0.1) is 0 Å². The van der Waals surface area contributed by atoms with Crippen LogP contribution in [0.2, 0.25) is 5.02 Å². The van der Waals surface area contributed by atoms with Gasteiger partial charge in [0.15, 0.2) is 5.13 Å². The van der Waals surface area contributed by atoms with Crippen molar-refractivity contribution in [3.05, 3.63) is 89.3 Å². The Labute approximate surface area is 172 Å². The molecule has 1 heterocycles. The van der Waals surface area contributed by atoms with Crippen molar-refractivity contribution in [1.29, 1.82) is 0 Å². The van der Waals surface area contributed by atoms with Crippen LogP contribution in [0.15, 0.2) is 84.2 Å². The molecule has 26 heavy (non-hydrogen) atoms. The minimum Gasteiger partial charge on any atom is -1.00 e. The molecule has 1 N–H and O–H groups in total. The number of hydrogen-bond donors (Lipinski definition) is 1. The first-order valence-electron chi connectivity index (χ1n) is 7.92. The van der Waals surface area contributed by atoms with Gasteiger partial charge in [0.1, 0.15) is 0 Å². The predicted octanol–water partition coefficient (Wildman–Crippen LogP) is 3.88. The average molecular weight is 443 g/mol. The molecule has 0 saturated heterocycles. The average Bonchev–Trinajstić information content (AvgIpc) is 3.13. The van der Waals surface area contributed by atoms with E-state index in [1.807, 2.05) is 30.3 Å². The molecule has 0 bridgehead atoms. The molecule has 0 saturated carbocycles. The zero-order chi connectivity index (χ0) is 17.1. The first-order chi connectivity index (χ1) is 12.3. The summed E-state index contributed by atoms with van der Waals surface area (Å²) >= 11 is 7.76. The monoisotopic (exact) mass is 441 g/mol. The lowest BCUT2D eigenvalue weighted by molar-refractivity contribution is -0.00000471. The Bertz CT molecular complexity index is 984. The lowest BCUT2D eigenvalue weighted by Crippen LogP contribution is -3.00. The molecule has 130 valence electrons. The van der Waals surface area contributed by atoms with Gasteiger partial charge < -0.3 is 22.3 Å². The van der Waals surface area contributed by atoms with Crippen LogP contribution in [0.5, 0.6) is 0 Å². The van der Waals surface area contributed by atoms with Crippen molar-refractivity contribution < 1.29 is 17.0 Å². The number of hydrogen-bond acceptors (Lipinski definition) is 3. The van der Waals surface area contributed by atoms with Crippen molar-refractivity contribution in [2.45, 2.75) is 0 Å². The third-order valence-electron chi connectivity index (χ3n) is 3.91. The lowest BCUT2D eigenvalue weighted by atomic mass is 10.0. The van der Waals surface area contributed by atoms with Gasteiger partial charge in [-0.25, -0.2) is 4.98 Å². The van der Waals surface area contributed by atoms with E-state index in [4.69, 9.17) is 11.6 Å². The van der Waals surface area contributed by atoms with E-state index in [0.29, 0.717) is 5.02 Å². The molecular weight excluding hydrogens is 428 g/mol. The largest absolute Gasteiger partial charge is 1.00 e. The molecule has 1 aromatic heterocycles. The van der Waals surface area contributed by atoms with E-state index in [1.54, 1.807) is 11.3 Å². The summed E-state index contributed by atoms with van der Waals surface area (Å²) in [6.07, 6.45) is 0. The summed E-state index contributed by atoms with van der Waals surface area (Å²) in [5.74, 6) is 0. The van der Waals surface area contributed by atoms with Gasteiger partial charge in [-0.1, -0.05) is 78.3 Å². The molecule has 4 rings (SSSR count). The first kappa shape index (κ1) is 18.6. The van der Waals surface area contributed by atoms with E-state index in [2.05, 4.69) is 64.2 Å². The summed E-state index contributed by atoms with van der Waals surface area (Å²) in [6, 6.07) is 26.5. The molecule has 0 aliphatic rings. The standard InChI is InChI=1S/C21H15ClN2S.BrH/c22-18-8-4-5-9-19(18)23-21-24-20(14-25-21)17-12-10-16(11-13-17)15-6-2-1-3-7-15;/h1-14H,(H,23,24);1H/p-1. The summed E-state index contributed by atoms with van der Waals surface area (Å²) in [6.45, 7) is 0. The molecule has 0 amide bonds. The van der Waals surface area contributed by atoms with Crippen LogP contribution in [0.25, 0.3) is 22.4 Å². The fraction of sp³-hybridized carbons (Fsp3) is 0. The number of para-hydroxylation sites is 1. The van der Waals surface area contributed by atoms with Crippen molar-refractivity contribution in [1.82, 2.24) is 4.98 Å². The van der Waals surface area contributed by atoms with E-state index < -0.39 is 0 Å². The maximum atomic E-state index is 6.19. The van der Waals surface area contributed by atoms with Gasteiger partial charge in [0.2, 0.25) is 0 Å². The van der Waals surface area contributed by atoms with E-state index in [1.165, 1.54) is 11.1 Å². The van der Waals surface area contributed by atoms with Gasteiger partial charge in [0, 0.05) is 10.9 Å². The third-order valence-corrected chi connectivity index (χ3v) is 4.99. The molecule has 0 fully saturated rings. The Morgan fingerprint density at radius 1 is 0.731 bits per heavy atom. The van der Waals surface area contributed by atoms with Crippen LogP contribution in [-0.4, -0.2) is 4.98 Å². The molecule has 0 aliphatic heterocycles. The van der Waals surface area contributed by atoms with E-state index in [0.717, 1.165) is 22.1 Å². The Morgan fingerprint density at radius 2 is 1.35 bits per heavy atom. The molecule has 3 aromatic carbocycles. The highest BCUT2D eigenvalue weighted by Gasteiger charge is 2.07.